The van der Waals surface area contributed by atoms with E-state index in [1.165, 1.54) is 32.6 Å². The summed E-state index contributed by atoms with van der Waals surface area (Å²) in [4.78, 5) is 14.5. The molecule has 130 valence electrons. The summed E-state index contributed by atoms with van der Waals surface area (Å²) in [6.45, 7) is 6.89. The van der Waals surface area contributed by atoms with Gasteiger partial charge in [-0.15, -0.1) is 0 Å². The fourth-order valence-corrected chi connectivity index (χ4v) is 3.96. The number of fused-ring (bicyclic) bond motifs is 1. The number of hydrogen-bond donors (Lipinski definition) is 2. The zero-order valence-electron chi connectivity index (χ0n) is 14.9. The maximum atomic E-state index is 11.3. The van der Waals surface area contributed by atoms with Gasteiger partial charge in [-0.2, -0.15) is 0 Å². The Hall–Kier alpha value is -1.97. The fraction of sp³-hybridized carbons (Fsp3) is 0.550. The third-order valence-corrected chi connectivity index (χ3v) is 5.65. The topological polar surface area (TPSA) is 54.1 Å². The van der Waals surface area contributed by atoms with Gasteiger partial charge in [0.2, 0.25) is 5.91 Å². The van der Waals surface area contributed by atoms with Crippen molar-refractivity contribution in [1.82, 2.24) is 4.98 Å². The highest BCUT2D eigenvalue weighted by atomic mass is 16.5. The van der Waals surface area contributed by atoms with Crippen LogP contribution in [-0.2, 0) is 4.79 Å². The molecule has 1 unspecified atom stereocenters. The summed E-state index contributed by atoms with van der Waals surface area (Å²) < 4.78 is 6.02. The lowest BCUT2D eigenvalue weighted by Gasteiger charge is -2.24. The molecule has 0 saturated heterocycles. The maximum Gasteiger partial charge on any atom is 0.221 e. The molecule has 1 heterocycles. The molecule has 2 N–H and O–H groups in total. The number of aromatic nitrogens is 1. The monoisotopic (exact) mass is 328 g/mol. The number of anilines is 1. The predicted molar refractivity (Wildman–Crippen MR) is 98.5 cm³/mol. The molecular formula is C20H28N2O2. The van der Waals surface area contributed by atoms with E-state index < -0.39 is 0 Å². The molecular weight excluding hydrogens is 300 g/mol. The molecule has 1 aliphatic carbocycles. The van der Waals surface area contributed by atoms with E-state index in [4.69, 9.17) is 4.74 Å². The number of hydrogen-bond acceptors (Lipinski definition) is 2. The second kappa shape index (κ2) is 6.88. The third-order valence-electron chi connectivity index (χ3n) is 5.65. The number of benzene rings is 1. The van der Waals surface area contributed by atoms with Crippen LogP contribution in [0, 0.1) is 11.3 Å². The molecule has 2 aromatic rings. The van der Waals surface area contributed by atoms with E-state index in [0.29, 0.717) is 5.41 Å². The fourth-order valence-electron chi connectivity index (χ4n) is 3.96. The Balaban J connectivity index is 1.63. The number of nitrogens with one attached hydrogen (secondary N) is 2. The van der Waals surface area contributed by atoms with E-state index in [-0.39, 0.29) is 5.91 Å². The first-order chi connectivity index (χ1) is 11.6. The highest BCUT2D eigenvalue weighted by Gasteiger charge is 2.46. The summed E-state index contributed by atoms with van der Waals surface area (Å²) in [6.07, 6.45) is 8.24. The van der Waals surface area contributed by atoms with E-state index in [9.17, 15) is 4.79 Å². The molecule has 0 aliphatic heterocycles. The van der Waals surface area contributed by atoms with Crippen LogP contribution < -0.4 is 10.1 Å². The van der Waals surface area contributed by atoms with Crippen LogP contribution in [0.1, 0.15) is 52.9 Å². The van der Waals surface area contributed by atoms with Crippen LogP contribution in [0.5, 0.6) is 5.75 Å². The van der Waals surface area contributed by atoms with Crippen molar-refractivity contribution in [3.8, 4) is 5.75 Å². The van der Waals surface area contributed by atoms with E-state index >= 15 is 0 Å². The standard InChI is InChI=1S/C20H28N2O2/c1-4-15(20(5-2)9-10-20)8-11-24-16-6-7-18-17(12-16)19(13-21-18)22-14(3)23/h6-7,12-13,15,21H,4-5,8-11H2,1-3H3,(H,22,23). The van der Waals surface area contributed by atoms with Gasteiger partial charge in [-0.25, -0.2) is 0 Å². The summed E-state index contributed by atoms with van der Waals surface area (Å²) in [5, 5.41) is 3.84. The van der Waals surface area contributed by atoms with Gasteiger partial charge in [0.05, 0.1) is 12.3 Å². The lowest BCUT2D eigenvalue weighted by molar-refractivity contribution is -0.114. The van der Waals surface area contributed by atoms with E-state index in [1.54, 1.807) is 0 Å². The SMILES string of the molecule is CCC(CCOc1ccc2[nH]cc(NC(C)=O)c2c1)C1(CC)CC1. The van der Waals surface area contributed by atoms with Crippen molar-refractivity contribution in [2.24, 2.45) is 11.3 Å². The van der Waals surface area contributed by atoms with Gasteiger partial charge in [-0.3, -0.25) is 4.79 Å². The van der Waals surface area contributed by atoms with Crippen molar-refractivity contribution in [1.29, 1.82) is 0 Å². The van der Waals surface area contributed by atoms with E-state index in [0.717, 1.165) is 41.3 Å². The molecule has 1 aromatic heterocycles. The minimum atomic E-state index is -0.0673. The normalized spacial score (nSPS) is 16.8. The van der Waals surface area contributed by atoms with Gasteiger partial charge in [0.15, 0.2) is 0 Å². The molecule has 0 spiro atoms. The molecule has 1 aromatic carbocycles. The second-order valence-corrected chi connectivity index (χ2v) is 7.05. The van der Waals surface area contributed by atoms with Gasteiger partial charge in [-0.05, 0) is 48.8 Å². The van der Waals surface area contributed by atoms with Crippen LogP contribution in [0.25, 0.3) is 10.9 Å². The summed E-state index contributed by atoms with van der Waals surface area (Å²) in [5.74, 6) is 1.57. The maximum absolute atomic E-state index is 11.3. The van der Waals surface area contributed by atoms with Crippen molar-refractivity contribution in [2.75, 3.05) is 11.9 Å². The molecule has 24 heavy (non-hydrogen) atoms. The third kappa shape index (κ3) is 3.42. The minimum absolute atomic E-state index is 0.0673. The first-order valence-corrected chi connectivity index (χ1v) is 9.09. The Bertz CT molecular complexity index is 715. The van der Waals surface area contributed by atoms with Crippen molar-refractivity contribution in [3.05, 3.63) is 24.4 Å². The van der Waals surface area contributed by atoms with E-state index in [1.807, 2.05) is 24.4 Å². The van der Waals surface area contributed by atoms with Crippen molar-refractivity contribution >= 4 is 22.5 Å². The second-order valence-electron chi connectivity index (χ2n) is 7.05. The Kier molecular flexibility index (Phi) is 4.83. The lowest BCUT2D eigenvalue weighted by atomic mass is 9.82. The van der Waals surface area contributed by atoms with Crippen LogP contribution in [0.2, 0.25) is 0 Å². The predicted octanol–water partition coefficient (Wildman–Crippen LogP) is 5.11. The molecule has 1 saturated carbocycles. The number of aromatic amines is 1. The molecule has 1 amide bonds. The number of ether oxygens (including phenoxy) is 1. The van der Waals surface area contributed by atoms with E-state index in [2.05, 4.69) is 24.1 Å². The first-order valence-electron chi connectivity index (χ1n) is 9.09. The largest absolute Gasteiger partial charge is 0.494 e. The summed E-state index contributed by atoms with van der Waals surface area (Å²) >= 11 is 0. The van der Waals surface area contributed by atoms with Gasteiger partial charge in [0.25, 0.3) is 0 Å². The number of carbonyl (C=O) groups is 1. The van der Waals surface area contributed by atoms with Gasteiger partial charge >= 0.3 is 0 Å². The number of rotatable bonds is 8. The van der Waals surface area contributed by atoms with Gasteiger partial charge in [0.1, 0.15) is 5.75 Å². The van der Waals surface area contributed by atoms with Crippen LogP contribution >= 0.6 is 0 Å². The minimum Gasteiger partial charge on any atom is -0.494 e. The van der Waals surface area contributed by atoms with Crippen LogP contribution in [0.4, 0.5) is 5.69 Å². The van der Waals surface area contributed by atoms with Crippen LogP contribution in [-0.4, -0.2) is 17.5 Å². The van der Waals surface area contributed by atoms with Crippen LogP contribution in [0.15, 0.2) is 24.4 Å². The molecule has 0 bridgehead atoms. The number of H-pyrrole nitrogens is 1. The summed E-state index contributed by atoms with van der Waals surface area (Å²) in [6, 6.07) is 6.00. The summed E-state index contributed by atoms with van der Waals surface area (Å²) in [5.41, 5.74) is 2.40. The first kappa shape index (κ1) is 16.9. The van der Waals surface area contributed by atoms with Crippen molar-refractivity contribution < 1.29 is 9.53 Å². The van der Waals surface area contributed by atoms with Gasteiger partial charge < -0.3 is 15.0 Å². The zero-order chi connectivity index (χ0) is 17.2. The molecule has 1 atom stereocenters. The average Bonchev–Trinajstić information content (AvgIpc) is 3.28. The molecule has 0 radical (unpaired) electrons. The Morgan fingerprint density at radius 1 is 1.38 bits per heavy atom. The Labute approximate surface area is 144 Å². The van der Waals surface area contributed by atoms with Crippen molar-refractivity contribution in [2.45, 2.75) is 52.9 Å². The Morgan fingerprint density at radius 3 is 2.79 bits per heavy atom. The van der Waals surface area contributed by atoms with Gasteiger partial charge in [0, 0.05) is 24.0 Å². The van der Waals surface area contributed by atoms with Crippen LogP contribution in [0.3, 0.4) is 0 Å². The highest BCUT2D eigenvalue weighted by molar-refractivity contribution is 6.01. The molecule has 1 fully saturated rings. The lowest BCUT2D eigenvalue weighted by Crippen LogP contribution is -2.17. The summed E-state index contributed by atoms with van der Waals surface area (Å²) in [7, 11) is 0. The molecule has 3 rings (SSSR count). The highest BCUT2D eigenvalue weighted by Crippen LogP contribution is 2.56. The zero-order valence-corrected chi connectivity index (χ0v) is 14.9. The molecule has 1 aliphatic rings. The quantitative estimate of drug-likeness (QED) is 0.707. The number of carbonyl (C=O) groups excluding carboxylic acids is 1. The number of amides is 1. The Morgan fingerprint density at radius 2 is 2.17 bits per heavy atom. The molecule has 4 heteroatoms. The van der Waals surface area contributed by atoms with Crippen molar-refractivity contribution in [3.63, 3.8) is 0 Å². The molecule has 4 nitrogen and oxygen atoms in total. The average molecular weight is 328 g/mol. The van der Waals surface area contributed by atoms with Gasteiger partial charge in [-0.1, -0.05) is 26.7 Å². The smallest absolute Gasteiger partial charge is 0.221 e.